The first-order valence-electron chi connectivity index (χ1n) is 6.79. The van der Waals surface area contributed by atoms with Gasteiger partial charge in [0.2, 0.25) is 5.91 Å². The lowest BCUT2D eigenvalue weighted by atomic mass is 10.1. The summed E-state index contributed by atoms with van der Waals surface area (Å²) < 4.78 is 0. The third kappa shape index (κ3) is 4.85. The van der Waals surface area contributed by atoms with E-state index >= 15 is 0 Å². The van der Waals surface area contributed by atoms with Crippen molar-refractivity contribution in [2.24, 2.45) is 0 Å². The van der Waals surface area contributed by atoms with Crippen LogP contribution < -0.4 is 10.6 Å². The highest BCUT2D eigenvalue weighted by atomic mass is 32.1. The maximum atomic E-state index is 11.9. The average Bonchev–Trinajstić information content (AvgIpc) is 3.17. The van der Waals surface area contributed by atoms with E-state index < -0.39 is 24.0 Å². The predicted octanol–water partition coefficient (Wildman–Crippen LogP) is 0.951. The summed E-state index contributed by atoms with van der Waals surface area (Å²) in [6.45, 7) is 0.684. The van der Waals surface area contributed by atoms with Crippen molar-refractivity contribution in [2.75, 3.05) is 11.9 Å². The van der Waals surface area contributed by atoms with Gasteiger partial charge < -0.3 is 15.5 Å². The van der Waals surface area contributed by atoms with Gasteiger partial charge in [0.25, 0.3) is 5.91 Å². The molecular formula is C14H15N3O5S2. The molecule has 128 valence electrons. The van der Waals surface area contributed by atoms with Crippen molar-refractivity contribution in [2.45, 2.75) is 18.9 Å². The molecule has 0 fully saturated rings. The lowest BCUT2D eigenvalue weighted by Crippen LogP contribution is -2.46. The van der Waals surface area contributed by atoms with Crippen LogP contribution in [0.3, 0.4) is 0 Å². The highest BCUT2D eigenvalue weighted by Gasteiger charge is 2.30. The van der Waals surface area contributed by atoms with Crippen molar-refractivity contribution in [1.29, 1.82) is 0 Å². The molecule has 2 heterocycles. The Bertz CT molecular complexity index is 739. The van der Waals surface area contributed by atoms with E-state index in [1.165, 1.54) is 22.7 Å². The Morgan fingerprint density at radius 1 is 1.33 bits per heavy atom. The van der Waals surface area contributed by atoms with Gasteiger partial charge in [-0.25, -0.2) is 9.78 Å². The first-order valence-corrected chi connectivity index (χ1v) is 8.55. The van der Waals surface area contributed by atoms with Crippen LogP contribution in [0.2, 0.25) is 0 Å². The van der Waals surface area contributed by atoms with Crippen LogP contribution >= 0.6 is 22.7 Å². The van der Waals surface area contributed by atoms with Crippen molar-refractivity contribution >= 4 is 45.6 Å². The molecule has 2 rings (SSSR count). The van der Waals surface area contributed by atoms with Crippen molar-refractivity contribution in [1.82, 2.24) is 10.3 Å². The molecule has 0 saturated heterocycles. The molecule has 0 aliphatic carbocycles. The van der Waals surface area contributed by atoms with Crippen LogP contribution in [0, 0.1) is 0 Å². The van der Waals surface area contributed by atoms with Gasteiger partial charge in [0, 0.05) is 5.38 Å². The smallest absolute Gasteiger partial charge is 0.337 e. The molecule has 2 aromatic heterocycles. The van der Waals surface area contributed by atoms with Gasteiger partial charge in [-0.3, -0.25) is 14.9 Å². The van der Waals surface area contributed by atoms with Gasteiger partial charge in [0.1, 0.15) is 0 Å². The second kappa shape index (κ2) is 7.51. The number of aromatic nitrogens is 1. The lowest BCUT2D eigenvalue weighted by Gasteiger charge is -2.17. The van der Waals surface area contributed by atoms with Crippen LogP contribution in [0.15, 0.2) is 22.9 Å². The molecule has 0 radical (unpaired) electrons. The number of aliphatic hydroxyl groups is 1. The normalized spacial score (nSPS) is 13.1. The zero-order chi connectivity index (χ0) is 17.7. The Hall–Kier alpha value is -2.30. The quantitative estimate of drug-likeness (QED) is 0.575. The molecular weight excluding hydrogens is 354 g/mol. The number of thiophene rings is 1. The van der Waals surface area contributed by atoms with E-state index in [2.05, 4.69) is 15.6 Å². The highest BCUT2D eigenvalue weighted by Crippen LogP contribution is 2.18. The summed E-state index contributed by atoms with van der Waals surface area (Å²) in [6, 6.07) is 3.46. The monoisotopic (exact) mass is 369 g/mol. The third-order valence-electron chi connectivity index (χ3n) is 2.95. The molecule has 2 aromatic rings. The molecule has 0 bridgehead atoms. The summed E-state index contributed by atoms with van der Waals surface area (Å²) in [4.78, 5) is 39.1. The van der Waals surface area contributed by atoms with Crippen molar-refractivity contribution < 1.29 is 24.6 Å². The second-order valence-corrected chi connectivity index (χ2v) is 6.91. The molecule has 4 N–H and O–H groups in total. The number of hydrogen-bond donors (Lipinski definition) is 4. The number of nitrogens with zero attached hydrogens (tertiary/aromatic N) is 1. The Morgan fingerprint density at radius 2 is 2.08 bits per heavy atom. The highest BCUT2D eigenvalue weighted by molar-refractivity contribution is 7.14. The van der Waals surface area contributed by atoms with Gasteiger partial charge in [-0.15, -0.1) is 22.7 Å². The van der Waals surface area contributed by atoms with E-state index in [1.807, 2.05) is 0 Å². The molecule has 0 spiro atoms. The summed E-state index contributed by atoms with van der Waals surface area (Å²) in [7, 11) is 0. The minimum Gasteiger partial charge on any atom is -0.479 e. The van der Waals surface area contributed by atoms with E-state index in [4.69, 9.17) is 5.11 Å². The number of hydrogen-bond acceptors (Lipinski definition) is 7. The summed E-state index contributed by atoms with van der Waals surface area (Å²) >= 11 is 2.49. The van der Waals surface area contributed by atoms with Crippen molar-refractivity contribution in [3.8, 4) is 0 Å². The number of anilines is 1. The van der Waals surface area contributed by atoms with E-state index in [0.717, 1.165) is 6.92 Å². The number of carbonyl (C=O) groups excluding carboxylic acids is 2. The van der Waals surface area contributed by atoms with E-state index in [1.54, 1.807) is 22.9 Å². The Labute approximate surface area is 145 Å². The zero-order valence-corrected chi connectivity index (χ0v) is 14.2. The molecule has 0 aliphatic rings. The minimum absolute atomic E-state index is 0.0823. The number of carboxylic acid groups (broad SMARTS) is 1. The van der Waals surface area contributed by atoms with E-state index in [9.17, 15) is 19.5 Å². The fourth-order valence-corrected chi connectivity index (χ4v) is 2.91. The third-order valence-corrected chi connectivity index (χ3v) is 4.62. The number of amides is 2. The summed E-state index contributed by atoms with van der Waals surface area (Å²) in [6.07, 6.45) is -0.0823. The van der Waals surface area contributed by atoms with Crippen molar-refractivity contribution in [3.05, 3.63) is 33.5 Å². The number of rotatable bonds is 7. The van der Waals surface area contributed by atoms with E-state index in [0.29, 0.717) is 15.7 Å². The molecule has 0 saturated carbocycles. The molecule has 10 heteroatoms. The Balaban J connectivity index is 1.86. The number of carboxylic acids is 1. The van der Waals surface area contributed by atoms with Crippen LogP contribution in [0.25, 0.3) is 0 Å². The van der Waals surface area contributed by atoms with Crippen LogP contribution in [-0.4, -0.2) is 45.1 Å². The van der Waals surface area contributed by atoms with Crippen LogP contribution in [-0.2, 0) is 16.0 Å². The molecule has 0 aromatic carbocycles. The first-order chi connectivity index (χ1) is 11.3. The molecule has 24 heavy (non-hydrogen) atoms. The lowest BCUT2D eigenvalue weighted by molar-refractivity contribution is -0.156. The predicted molar refractivity (Wildman–Crippen MR) is 89.4 cm³/mol. The molecule has 1 atom stereocenters. The van der Waals surface area contributed by atoms with Gasteiger partial charge in [-0.05, 0) is 18.4 Å². The summed E-state index contributed by atoms with van der Waals surface area (Å²) in [5, 5.41) is 27.0. The second-order valence-electron chi connectivity index (χ2n) is 5.11. The van der Waals surface area contributed by atoms with Gasteiger partial charge in [-0.1, -0.05) is 6.07 Å². The van der Waals surface area contributed by atoms with Gasteiger partial charge in [-0.2, -0.15) is 0 Å². The maximum absolute atomic E-state index is 11.9. The maximum Gasteiger partial charge on any atom is 0.337 e. The standard InChI is InChI=1S/C14H15N3O5S2/c1-14(22,12(20)21)7-15-10(18)5-8-6-24-13(16-8)17-11(19)9-3-2-4-23-9/h2-4,6,22H,5,7H2,1H3,(H,15,18)(H,20,21)(H,16,17,19). The number of nitrogens with one attached hydrogen (secondary N) is 2. The Kier molecular flexibility index (Phi) is 5.65. The van der Waals surface area contributed by atoms with E-state index in [-0.39, 0.29) is 12.3 Å². The van der Waals surface area contributed by atoms with Crippen LogP contribution in [0.4, 0.5) is 5.13 Å². The average molecular weight is 369 g/mol. The van der Waals surface area contributed by atoms with Gasteiger partial charge in [0.15, 0.2) is 10.7 Å². The number of thiazole rings is 1. The van der Waals surface area contributed by atoms with Crippen LogP contribution in [0.5, 0.6) is 0 Å². The fraction of sp³-hybridized carbons (Fsp3) is 0.286. The molecule has 8 nitrogen and oxygen atoms in total. The first kappa shape index (κ1) is 18.0. The largest absolute Gasteiger partial charge is 0.479 e. The zero-order valence-electron chi connectivity index (χ0n) is 12.6. The summed E-state index contributed by atoms with van der Waals surface area (Å²) in [5.41, 5.74) is -1.59. The number of carbonyl (C=O) groups is 3. The van der Waals surface area contributed by atoms with Crippen LogP contribution in [0.1, 0.15) is 22.3 Å². The SMILES string of the molecule is CC(O)(CNC(=O)Cc1csc(NC(=O)c2cccs2)n1)C(=O)O. The fourth-order valence-electron chi connectivity index (χ4n) is 1.59. The molecule has 0 aliphatic heterocycles. The van der Waals surface area contributed by atoms with Gasteiger partial charge >= 0.3 is 5.97 Å². The van der Waals surface area contributed by atoms with Gasteiger partial charge in [0.05, 0.1) is 23.5 Å². The molecule has 1 unspecified atom stereocenters. The summed E-state index contributed by atoms with van der Waals surface area (Å²) in [5.74, 6) is -2.17. The number of aliphatic carboxylic acids is 1. The van der Waals surface area contributed by atoms with Crippen molar-refractivity contribution in [3.63, 3.8) is 0 Å². The Morgan fingerprint density at radius 3 is 2.71 bits per heavy atom. The minimum atomic E-state index is -2.03. The molecule has 2 amide bonds. The topological polar surface area (TPSA) is 129 Å².